The average molecular weight is 479 g/mol. The van der Waals surface area contributed by atoms with Crippen LogP contribution in [0.5, 0.6) is 0 Å². The molecule has 0 saturated carbocycles. The van der Waals surface area contributed by atoms with E-state index in [-0.39, 0.29) is 30.5 Å². The molecular formula is C21H34O10S. The van der Waals surface area contributed by atoms with Gasteiger partial charge in [0.15, 0.2) is 0 Å². The van der Waals surface area contributed by atoms with Crippen LogP contribution in [0.25, 0.3) is 0 Å². The maximum absolute atomic E-state index is 12.0. The van der Waals surface area contributed by atoms with Crippen molar-refractivity contribution in [1.29, 1.82) is 0 Å². The molecule has 0 N–H and O–H groups in total. The van der Waals surface area contributed by atoms with Crippen LogP contribution in [-0.4, -0.2) is 94.2 Å². The first kappa shape index (κ1) is 28.4. The highest BCUT2D eigenvalue weighted by Gasteiger charge is 2.14. The molecule has 1 rings (SSSR count). The molecule has 10 nitrogen and oxygen atoms in total. The second kappa shape index (κ2) is 17.9. The van der Waals surface area contributed by atoms with Gasteiger partial charge in [0, 0.05) is 0 Å². The van der Waals surface area contributed by atoms with Gasteiger partial charge in [0.25, 0.3) is 10.1 Å². The molecule has 0 unspecified atom stereocenters. The number of benzene rings is 1. The van der Waals surface area contributed by atoms with Crippen molar-refractivity contribution in [3.8, 4) is 0 Å². The van der Waals surface area contributed by atoms with Gasteiger partial charge >= 0.3 is 5.97 Å². The molecule has 1 aromatic carbocycles. The Morgan fingerprint density at radius 2 is 1.09 bits per heavy atom. The minimum Gasteiger partial charge on any atom is -0.469 e. The Morgan fingerprint density at radius 1 is 0.688 bits per heavy atom. The lowest BCUT2D eigenvalue weighted by Crippen LogP contribution is -2.15. The van der Waals surface area contributed by atoms with Crippen molar-refractivity contribution in [1.82, 2.24) is 0 Å². The number of aryl methyl sites for hydroxylation is 1. The molecular weight excluding hydrogens is 444 g/mol. The van der Waals surface area contributed by atoms with Gasteiger partial charge < -0.3 is 28.4 Å². The molecule has 0 aliphatic heterocycles. The fourth-order valence-electron chi connectivity index (χ4n) is 2.21. The normalized spacial score (nSPS) is 11.6. The SMILES string of the molecule is COC(=O)CCOCCOCCOCCOCCOCCOS(=O)(=O)c1ccc(C)cc1. The summed E-state index contributed by atoms with van der Waals surface area (Å²) in [5.74, 6) is -0.300. The minimum absolute atomic E-state index is 0.0599. The summed E-state index contributed by atoms with van der Waals surface area (Å²) in [6.07, 6.45) is 0.231. The van der Waals surface area contributed by atoms with Crippen molar-refractivity contribution in [3.63, 3.8) is 0 Å². The molecule has 184 valence electrons. The van der Waals surface area contributed by atoms with Crippen LogP contribution >= 0.6 is 0 Å². The first-order valence-corrected chi connectivity index (χ1v) is 11.8. The van der Waals surface area contributed by atoms with E-state index in [1.807, 2.05) is 6.92 Å². The number of esters is 1. The van der Waals surface area contributed by atoms with Gasteiger partial charge in [-0.05, 0) is 19.1 Å². The first-order chi connectivity index (χ1) is 15.5. The van der Waals surface area contributed by atoms with Gasteiger partial charge in [-0.1, -0.05) is 17.7 Å². The van der Waals surface area contributed by atoms with Gasteiger partial charge in [-0.25, -0.2) is 0 Å². The third kappa shape index (κ3) is 14.5. The smallest absolute Gasteiger partial charge is 0.307 e. The Labute approximate surface area is 190 Å². The summed E-state index contributed by atoms with van der Waals surface area (Å²) in [5, 5.41) is 0. The van der Waals surface area contributed by atoms with E-state index < -0.39 is 10.1 Å². The van der Waals surface area contributed by atoms with Crippen molar-refractivity contribution in [2.45, 2.75) is 18.2 Å². The second-order valence-corrected chi connectivity index (χ2v) is 8.09. The molecule has 32 heavy (non-hydrogen) atoms. The van der Waals surface area contributed by atoms with E-state index in [1.54, 1.807) is 12.1 Å². The lowest BCUT2D eigenvalue weighted by molar-refractivity contribution is -0.141. The Bertz CT molecular complexity index is 706. The maximum atomic E-state index is 12.0. The number of hydrogen-bond donors (Lipinski definition) is 0. The highest BCUT2D eigenvalue weighted by molar-refractivity contribution is 7.86. The van der Waals surface area contributed by atoms with Crippen LogP contribution in [0.1, 0.15) is 12.0 Å². The van der Waals surface area contributed by atoms with Crippen LogP contribution in [-0.2, 0) is 47.5 Å². The molecule has 0 radical (unpaired) electrons. The van der Waals surface area contributed by atoms with Crippen LogP contribution < -0.4 is 0 Å². The summed E-state index contributed by atoms with van der Waals surface area (Å²) in [7, 11) is -2.42. The molecule has 1 aromatic rings. The van der Waals surface area contributed by atoms with Crippen LogP contribution in [0.4, 0.5) is 0 Å². The second-order valence-electron chi connectivity index (χ2n) is 6.48. The van der Waals surface area contributed by atoms with Gasteiger partial charge in [-0.2, -0.15) is 8.42 Å². The molecule has 0 spiro atoms. The molecule has 11 heteroatoms. The fourth-order valence-corrected chi connectivity index (χ4v) is 3.11. The lowest BCUT2D eigenvalue weighted by Gasteiger charge is -2.08. The van der Waals surface area contributed by atoms with Crippen molar-refractivity contribution >= 4 is 16.1 Å². The molecule has 0 fully saturated rings. The van der Waals surface area contributed by atoms with E-state index in [9.17, 15) is 13.2 Å². The molecule has 0 amide bonds. The van der Waals surface area contributed by atoms with Gasteiger partial charge in [0.2, 0.25) is 0 Å². The van der Waals surface area contributed by atoms with E-state index in [0.717, 1.165) is 5.56 Å². The van der Waals surface area contributed by atoms with E-state index in [4.69, 9.17) is 27.9 Å². The summed E-state index contributed by atoms with van der Waals surface area (Å²) < 4.78 is 60.0. The quantitative estimate of drug-likeness (QED) is 0.154. The summed E-state index contributed by atoms with van der Waals surface area (Å²) >= 11 is 0. The maximum Gasteiger partial charge on any atom is 0.307 e. The highest BCUT2D eigenvalue weighted by atomic mass is 32.2. The van der Waals surface area contributed by atoms with Crippen molar-refractivity contribution < 1.29 is 45.8 Å². The Balaban J connectivity index is 1.83. The van der Waals surface area contributed by atoms with E-state index in [1.165, 1.54) is 19.2 Å². The Hall–Kier alpha value is -1.60. The van der Waals surface area contributed by atoms with Crippen LogP contribution in [0.2, 0.25) is 0 Å². The number of methoxy groups -OCH3 is 1. The number of ether oxygens (including phenoxy) is 6. The zero-order valence-electron chi connectivity index (χ0n) is 18.8. The van der Waals surface area contributed by atoms with Crippen LogP contribution in [0, 0.1) is 6.92 Å². The average Bonchev–Trinajstić information content (AvgIpc) is 2.78. The molecule has 0 atom stereocenters. The number of carbonyl (C=O) groups is 1. The van der Waals surface area contributed by atoms with Crippen LogP contribution in [0.3, 0.4) is 0 Å². The number of rotatable bonds is 20. The molecule has 0 aromatic heterocycles. The third-order valence-corrected chi connectivity index (χ3v) is 5.27. The number of hydrogen-bond acceptors (Lipinski definition) is 10. The Kier molecular flexibility index (Phi) is 15.9. The predicted molar refractivity (Wildman–Crippen MR) is 115 cm³/mol. The zero-order chi connectivity index (χ0) is 23.5. The third-order valence-electron chi connectivity index (χ3n) is 3.94. The minimum atomic E-state index is -3.76. The molecule has 0 bridgehead atoms. The van der Waals surface area contributed by atoms with Crippen LogP contribution in [0.15, 0.2) is 29.2 Å². The molecule has 0 aliphatic rings. The predicted octanol–water partition coefficient (Wildman–Crippen LogP) is 1.35. The molecule has 0 aliphatic carbocycles. The van der Waals surface area contributed by atoms with Gasteiger partial charge in [-0.3, -0.25) is 8.98 Å². The monoisotopic (exact) mass is 478 g/mol. The largest absolute Gasteiger partial charge is 0.469 e. The standard InChI is InChI=1S/C21H34O10S/c1-19-3-5-20(6-4-19)32(23,24)31-18-17-30-16-15-29-14-13-28-12-11-27-10-9-26-8-7-21(22)25-2/h3-6H,7-18H2,1-2H3. The van der Waals surface area contributed by atoms with Crippen molar-refractivity contribution in [2.75, 3.05) is 79.8 Å². The van der Waals surface area contributed by atoms with Crippen molar-refractivity contribution in [3.05, 3.63) is 29.8 Å². The number of carbonyl (C=O) groups excluding carboxylic acids is 1. The first-order valence-electron chi connectivity index (χ1n) is 10.4. The highest BCUT2D eigenvalue weighted by Crippen LogP contribution is 2.12. The van der Waals surface area contributed by atoms with E-state index in [2.05, 4.69) is 4.74 Å². The lowest BCUT2D eigenvalue weighted by atomic mass is 10.2. The summed E-state index contributed by atoms with van der Waals surface area (Å²) in [4.78, 5) is 11.0. The summed E-state index contributed by atoms with van der Waals surface area (Å²) in [6.45, 7) is 5.53. The topological polar surface area (TPSA) is 116 Å². The fraction of sp³-hybridized carbons (Fsp3) is 0.667. The van der Waals surface area contributed by atoms with Crippen molar-refractivity contribution in [2.24, 2.45) is 0 Å². The molecule has 0 saturated heterocycles. The van der Waals surface area contributed by atoms with Gasteiger partial charge in [0.1, 0.15) is 0 Å². The Morgan fingerprint density at radius 3 is 1.53 bits per heavy atom. The van der Waals surface area contributed by atoms with E-state index in [0.29, 0.717) is 59.5 Å². The van der Waals surface area contributed by atoms with Gasteiger partial charge in [-0.15, -0.1) is 0 Å². The summed E-state index contributed by atoms with van der Waals surface area (Å²) in [6, 6.07) is 6.46. The molecule has 0 heterocycles. The van der Waals surface area contributed by atoms with E-state index >= 15 is 0 Å². The zero-order valence-corrected chi connectivity index (χ0v) is 19.6. The van der Waals surface area contributed by atoms with Gasteiger partial charge in [0.05, 0.1) is 91.1 Å². The summed E-state index contributed by atoms with van der Waals surface area (Å²) in [5.41, 5.74) is 0.974.